The van der Waals surface area contributed by atoms with E-state index < -0.39 is 5.97 Å². The zero-order valence-corrected chi connectivity index (χ0v) is 11.4. The van der Waals surface area contributed by atoms with Crippen molar-refractivity contribution in [2.45, 2.75) is 26.7 Å². The quantitative estimate of drug-likeness (QED) is 0.791. The molecule has 4 nitrogen and oxygen atoms in total. The maximum absolute atomic E-state index is 11.8. The number of hydrogen-bond acceptors (Lipinski definition) is 5. The van der Waals surface area contributed by atoms with Crippen molar-refractivity contribution in [1.82, 2.24) is 4.98 Å². The molecule has 96 valence electrons. The smallest absolute Gasteiger partial charge is 0.376 e. The van der Waals surface area contributed by atoms with Gasteiger partial charge in [-0.2, -0.15) is 11.3 Å². The molecule has 2 aromatic heterocycles. The van der Waals surface area contributed by atoms with Gasteiger partial charge in [0.2, 0.25) is 11.7 Å². The lowest BCUT2D eigenvalue weighted by Gasteiger charge is -2.02. The number of nitrogens with zero attached hydrogens (tertiary/aromatic N) is 1. The van der Waals surface area contributed by atoms with Crippen LogP contribution < -0.4 is 0 Å². The number of esters is 1. The van der Waals surface area contributed by atoms with Gasteiger partial charge in [-0.1, -0.05) is 13.8 Å². The van der Waals surface area contributed by atoms with Crippen LogP contribution in [0.4, 0.5) is 0 Å². The third-order valence-electron chi connectivity index (χ3n) is 2.43. The molecule has 2 aromatic rings. The molecule has 0 saturated heterocycles. The highest BCUT2D eigenvalue weighted by atomic mass is 32.1. The lowest BCUT2D eigenvalue weighted by Crippen LogP contribution is -2.07. The van der Waals surface area contributed by atoms with Gasteiger partial charge in [-0.25, -0.2) is 9.78 Å². The van der Waals surface area contributed by atoms with E-state index in [0.717, 1.165) is 5.56 Å². The highest BCUT2D eigenvalue weighted by Crippen LogP contribution is 2.28. The van der Waals surface area contributed by atoms with Gasteiger partial charge in [-0.3, -0.25) is 0 Å². The minimum Gasteiger partial charge on any atom is -0.460 e. The summed E-state index contributed by atoms with van der Waals surface area (Å²) < 4.78 is 10.5. The summed E-state index contributed by atoms with van der Waals surface area (Å²) in [4.78, 5) is 16.2. The number of hydrogen-bond donors (Lipinski definition) is 0. The van der Waals surface area contributed by atoms with Crippen molar-refractivity contribution in [3.63, 3.8) is 0 Å². The Balaban J connectivity index is 2.42. The Bertz CT molecular complexity index is 528. The lowest BCUT2D eigenvalue weighted by molar-refractivity contribution is 0.0488. The number of carbonyl (C=O) groups excluding carboxylic acids is 1. The van der Waals surface area contributed by atoms with Gasteiger partial charge in [0, 0.05) is 10.9 Å². The number of thiophene rings is 1. The van der Waals surface area contributed by atoms with Crippen molar-refractivity contribution in [1.29, 1.82) is 0 Å². The summed E-state index contributed by atoms with van der Waals surface area (Å²) in [6, 6.07) is 1.91. The van der Waals surface area contributed by atoms with Crippen molar-refractivity contribution in [3.8, 4) is 11.5 Å². The fourth-order valence-corrected chi connectivity index (χ4v) is 2.21. The first-order valence-electron chi connectivity index (χ1n) is 5.83. The molecular formula is C13H15NO3S. The van der Waals surface area contributed by atoms with Crippen LogP contribution in [-0.4, -0.2) is 17.6 Å². The Morgan fingerprint density at radius 2 is 2.33 bits per heavy atom. The van der Waals surface area contributed by atoms with E-state index in [1.54, 1.807) is 18.3 Å². The van der Waals surface area contributed by atoms with E-state index in [1.807, 2.05) is 30.7 Å². The van der Waals surface area contributed by atoms with E-state index in [0.29, 0.717) is 18.2 Å². The first-order valence-corrected chi connectivity index (χ1v) is 6.78. The molecule has 0 aromatic carbocycles. The van der Waals surface area contributed by atoms with Crippen LogP contribution >= 0.6 is 11.3 Å². The summed E-state index contributed by atoms with van der Waals surface area (Å²) in [6.45, 7) is 6.03. The van der Waals surface area contributed by atoms with Crippen LogP contribution in [0.5, 0.6) is 0 Å². The first kappa shape index (κ1) is 12.8. The third-order valence-corrected chi connectivity index (χ3v) is 3.11. The van der Waals surface area contributed by atoms with E-state index in [1.165, 1.54) is 0 Å². The number of ether oxygens (including phenoxy) is 1. The number of carbonyl (C=O) groups is 1. The van der Waals surface area contributed by atoms with Crippen LogP contribution in [-0.2, 0) is 4.74 Å². The van der Waals surface area contributed by atoms with Gasteiger partial charge in [-0.15, -0.1) is 0 Å². The van der Waals surface area contributed by atoms with Crippen molar-refractivity contribution in [3.05, 3.63) is 28.3 Å². The molecule has 5 heteroatoms. The Kier molecular flexibility index (Phi) is 3.81. The fourth-order valence-electron chi connectivity index (χ4n) is 1.58. The maximum atomic E-state index is 11.8. The molecule has 0 N–H and O–H groups in total. The van der Waals surface area contributed by atoms with Gasteiger partial charge in [0.25, 0.3) is 0 Å². The summed E-state index contributed by atoms with van der Waals surface area (Å²) in [7, 11) is 0. The van der Waals surface area contributed by atoms with Gasteiger partial charge in [0.15, 0.2) is 0 Å². The SMILES string of the molecule is CCOC(=O)c1oc(-c2ccsc2)nc1C(C)C. The topological polar surface area (TPSA) is 52.3 Å². The van der Waals surface area contributed by atoms with Gasteiger partial charge >= 0.3 is 5.97 Å². The Labute approximate surface area is 110 Å². The second kappa shape index (κ2) is 5.35. The molecule has 0 aliphatic heterocycles. The van der Waals surface area contributed by atoms with E-state index >= 15 is 0 Å². The molecule has 0 amide bonds. The monoisotopic (exact) mass is 265 g/mol. The van der Waals surface area contributed by atoms with Crippen molar-refractivity contribution in [2.75, 3.05) is 6.61 Å². The lowest BCUT2D eigenvalue weighted by atomic mass is 10.1. The first-order chi connectivity index (χ1) is 8.63. The normalized spacial score (nSPS) is 10.9. The van der Waals surface area contributed by atoms with Gasteiger partial charge in [0.05, 0.1) is 12.3 Å². The maximum Gasteiger partial charge on any atom is 0.376 e. The second-order valence-electron chi connectivity index (χ2n) is 4.12. The van der Waals surface area contributed by atoms with Crippen LogP contribution in [0, 0.1) is 0 Å². The van der Waals surface area contributed by atoms with Gasteiger partial charge in [0.1, 0.15) is 0 Å². The van der Waals surface area contributed by atoms with Gasteiger partial charge < -0.3 is 9.15 Å². The molecule has 0 aliphatic rings. The van der Waals surface area contributed by atoms with Crippen LogP contribution in [0.25, 0.3) is 11.5 Å². The molecule has 0 aliphatic carbocycles. The van der Waals surface area contributed by atoms with Crippen molar-refractivity contribution < 1.29 is 13.9 Å². The van der Waals surface area contributed by atoms with Crippen LogP contribution in [0.3, 0.4) is 0 Å². The van der Waals surface area contributed by atoms with Crippen LogP contribution in [0.2, 0.25) is 0 Å². The average Bonchev–Trinajstić information content (AvgIpc) is 2.98. The van der Waals surface area contributed by atoms with Crippen molar-refractivity contribution in [2.24, 2.45) is 0 Å². The van der Waals surface area contributed by atoms with E-state index in [2.05, 4.69) is 4.98 Å². The molecular weight excluding hydrogens is 250 g/mol. The predicted molar refractivity (Wildman–Crippen MR) is 69.9 cm³/mol. The largest absolute Gasteiger partial charge is 0.460 e. The summed E-state index contributed by atoms with van der Waals surface area (Å²) >= 11 is 1.56. The molecule has 0 fully saturated rings. The summed E-state index contributed by atoms with van der Waals surface area (Å²) in [5.74, 6) is 0.353. The molecule has 0 radical (unpaired) electrons. The van der Waals surface area contributed by atoms with Gasteiger partial charge in [-0.05, 0) is 24.3 Å². The van der Waals surface area contributed by atoms with Crippen molar-refractivity contribution >= 4 is 17.3 Å². The standard InChI is InChI=1S/C13H15NO3S/c1-4-16-13(15)11-10(8(2)3)14-12(17-11)9-5-6-18-7-9/h5-8H,4H2,1-3H3. The zero-order valence-electron chi connectivity index (χ0n) is 10.6. The van der Waals surface area contributed by atoms with E-state index in [-0.39, 0.29) is 11.7 Å². The molecule has 0 bridgehead atoms. The van der Waals surface area contributed by atoms with Crippen LogP contribution in [0.1, 0.15) is 42.9 Å². The number of aromatic nitrogens is 1. The zero-order chi connectivity index (χ0) is 13.1. The van der Waals surface area contributed by atoms with E-state index in [9.17, 15) is 4.79 Å². The summed E-state index contributed by atoms with van der Waals surface area (Å²) in [6.07, 6.45) is 0. The number of oxazole rings is 1. The summed E-state index contributed by atoms with van der Waals surface area (Å²) in [5.41, 5.74) is 1.53. The minimum atomic E-state index is -0.449. The Morgan fingerprint density at radius 3 is 2.89 bits per heavy atom. The average molecular weight is 265 g/mol. The molecule has 0 atom stereocenters. The number of rotatable bonds is 4. The minimum absolute atomic E-state index is 0.112. The highest BCUT2D eigenvalue weighted by Gasteiger charge is 2.24. The summed E-state index contributed by atoms with van der Waals surface area (Å²) in [5, 5.41) is 3.88. The Morgan fingerprint density at radius 1 is 1.56 bits per heavy atom. The molecule has 0 spiro atoms. The Hall–Kier alpha value is -1.62. The van der Waals surface area contributed by atoms with E-state index in [4.69, 9.17) is 9.15 Å². The fraction of sp³-hybridized carbons (Fsp3) is 0.385. The van der Waals surface area contributed by atoms with Crippen LogP contribution in [0.15, 0.2) is 21.2 Å². The predicted octanol–water partition coefficient (Wildman–Crippen LogP) is 3.70. The molecule has 0 saturated carbocycles. The molecule has 18 heavy (non-hydrogen) atoms. The molecule has 2 heterocycles. The highest BCUT2D eigenvalue weighted by molar-refractivity contribution is 7.08. The molecule has 2 rings (SSSR count). The third kappa shape index (κ3) is 2.46. The molecule has 0 unspecified atom stereocenters. The second-order valence-corrected chi connectivity index (χ2v) is 4.90.